The van der Waals surface area contributed by atoms with Crippen molar-refractivity contribution < 1.29 is 4.79 Å². The maximum atomic E-state index is 13.0. The van der Waals surface area contributed by atoms with Crippen molar-refractivity contribution in [3.05, 3.63) is 47.5 Å². The fourth-order valence-electron chi connectivity index (χ4n) is 3.75. The maximum absolute atomic E-state index is 13.0. The second-order valence-electron chi connectivity index (χ2n) is 8.32. The first-order valence-electron chi connectivity index (χ1n) is 10.3. The Morgan fingerprint density at radius 3 is 2.82 bits per heavy atom. The molecule has 2 aromatic heterocycles. The summed E-state index contributed by atoms with van der Waals surface area (Å²) < 4.78 is 2.05. The summed E-state index contributed by atoms with van der Waals surface area (Å²) in [7, 11) is 1.89. The highest BCUT2D eigenvalue weighted by molar-refractivity contribution is 5.95. The lowest BCUT2D eigenvalue weighted by Gasteiger charge is -2.18. The number of fused-ring (bicyclic) bond motifs is 1. The molecule has 0 atom stereocenters. The summed E-state index contributed by atoms with van der Waals surface area (Å²) in [6, 6.07) is 8.05. The van der Waals surface area contributed by atoms with Crippen molar-refractivity contribution in [3.8, 4) is 0 Å². The monoisotopic (exact) mass is 379 g/mol. The Bertz CT molecular complexity index is 933. The van der Waals surface area contributed by atoms with E-state index in [1.54, 1.807) is 6.20 Å². The lowest BCUT2D eigenvalue weighted by atomic mass is 10.1. The van der Waals surface area contributed by atoms with Crippen LogP contribution in [0.5, 0.6) is 0 Å². The molecule has 148 valence electrons. The lowest BCUT2D eigenvalue weighted by Crippen LogP contribution is -2.29. The first kappa shape index (κ1) is 18.7. The number of carbonyl (C=O) groups excluding carboxylic acids is 1. The number of nitrogens with zero attached hydrogens (tertiary/aromatic N) is 4. The van der Waals surface area contributed by atoms with E-state index in [1.807, 2.05) is 36.2 Å². The topological polar surface area (TPSA) is 66.8 Å². The van der Waals surface area contributed by atoms with Crippen LogP contribution in [0.25, 0.3) is 11.0 Å². The lowest BCUT2D eigenvalue weighted by molar-refractivity contribution is 0.0792. The summed E-state index contributed by atoms with van der Waals surface area (Å²) in [6.07, 6.45) is 5.81. The summed E-state index contributed by atoms with van der Waals surface area (Å²) in [5, 5.41) is 4.53. The van der Waals surface area contributed by atoms with Crippen molar-refractivity contribution in [3.63, 3.8) is 0 Å². The number of para-hydroxylation sites is 2. The minimum Gasteiger partial charge on any atom is -0.342 e. The summed E-state index contributed by atoms with van der Waals surface area (Å²) in [6.45, 7) is 5.94. The minimum atomic E-state index is 0.0847. The molecule has 28 heavy (non-hydrogen) atoms. The quantitative estimate of drug-likeness (QED) is 0.643. The largest absolute Gasteiger partial charge is 0.342 e. The van der Waals surface area contributed by atoms with Gasteiger partial charge in [-0.25, -0.2) is 4.98 Å². The molecular weight excluding hydrogens is 350 g/mol. The van der Waals surface area contributed by atoms with Crippen molar-refractivity contribution in [1.29, 1.82) is 0 Å². The number of aromatic amines is 1. The average molecular weight is 380 g/mol. The molecule has 1 fully saturated rings. The number of benzene rings is 1. The van der Waals surface area contributed by atoms with E-state index in [9.17, 15) is 4.79 Å². The van der Waals surface area contributed by atoms with Gasteiger partial charge in [-0.05, 0) is 37.3 Å². The number of imidazole rings is 1. The molecule has 0 spiro atoms. The molecule has 0 saturated heterocycles. The molecule has 1 aliphatic rings. The van der Waals surface area contributed by atoms with Gasteiger partial charge in [-0.2, -0.15) is 5.10 Å². The second kappa shape index (κ2) is 7.78. The van der Waals surface area contributed by atoms with Crippen LogP contribution in [0, 0.1) is 5.92 Å². The van der Waals surface area contributed by atoms with Gasteiger partial charge >= 0.3 is 0 Å². The number of nitrogens with one attached hydrogen (secondary N) is 1. The molecule has 4 rings (SSSR count). The normalized spacial score (nSPS) is 14.1. The number of rotatable bonds is 8. The van der Waals surface area contributed by atoms with Crippen LogP contribution in [0.15, 0.2) is 30.5 Å². The molecule has 1 aromatic carbocycles. The van der Waals surface area contributed by atoms with Crippen LogP contribution < -0.4 is 0 Å². The molecule has 3 aromatic rings. The van der Waals surface area contributed by atoms with Gasteiger partial charge in [0, 0.05) is 32.5 Å². The van der Waals surface area contributed by atoms with Crippen molar-refractivity contribution in [1.82, 2.24) is 24.6 Å². The van der Waals surface area contributed by atoms with E-state index in [4.69, 9.17) is 0 Å². The molecule has 1 aliphatic carbocycles. The van der Waals surface area contributed by atoms with Crippen LogP contribution in [0.1, 0.15) is 60.9 Å². The molecule has 6 nitrogen and oxygen atoms in total. The number of aryl methyl sites for hydroxylation is 1. The second-order valence-corrected chi connectivity index (χ2v) is 8.32. The molecule has 0 unspecified atom stereocenters. The average Bonchev–Trinajstić information content (AvgIpc) is 3.28. The molecule has 0 bridgehead atoms. The molecular formula is C22H29N5O. The number of hydrogen-bond acceptors (Lipinski definition) is 3. The third-order valence-electron chi connectivity index (χ3n) is 5.31. The highest BCUT2D eigenvalue weighted by Gasteiger charge is 2.33. The van der Waals surface area contributed by atoms with Gasteiger partial charge in [0.15, 0.2) is 0 Å². The molecule has 1 saturated carbocycles. The number of aromatic nitrogens is 4. The Morgan fingerprint density at radius 2 is 2.11 bits per heavy atom. The fraction of sp³-hybridized carbons (Fsp3) is 0.500. The fourth-order valence-corrected chi connectivity index (χ4v) is 3.75. The van der Waals surface area contributed by atoms with Gasteiger partial charge in [0.25, 0.3) is 5.91 Å². The molecule has 1 amide bonds. The predicted octanol–water partition coefficient (Wildman–Crippen LogP) is 4.00. The van der Waals surface area contributed by atoms with Gasteiger partial charge in [0.05, 0.1) is 28.5 Å². The molecule has 0 radical (unpaired) electrons. The zero-order valence-corrected chi connectivity index (χ0v) is 17.0. The number of carbonyl (C=O) groups is 1. The first-order valence-corrected chi connectivity index (χ1v) is 10.3. The Hall–Kier alpha value is -2.63. The van der Waals surface area contributed by atoms with Crippen LogP contribution in [0.3, 0.4) is 0 Å². The number of H-pyrrole nitrogens is 1. The van der Waals surface area contributed by atoms with E-state index in [2.05, 4.69) is 33.6 Å². The van der Waals surface area contributed by atoms with Gasteiger partial charge in [-0.15, -0.1) is 0 Å². The van der Waals surface area contributed by atoms with Gasteiger partial charge in [-0.3, -0.25) is 9.48 Å². The molecule has 6 heteroatoms. The standard InChI is InChI=1S/C22H29N5O/c1-15(2)14-27-21(16-10-11-16)17(13-23-27)22(28)26(3)12-6-9-20-24-18-7-4-5-8-19(18)25-20/h4-5,7-8,13,15-16H,6,9-12,14H2,1-3H3,(H,24,25). The highest BCUT2D eigenvalue weighted by atomic mass is 16.2. The first-order chi connectivity index (χ1) is 13.5. The van der Waals surface area contributed by atoms with E-state index < -0.39 is 0 Å². The Morgan fingerprint density at radius 1 is 1.32 bits per heavy atom. The molecule has 2 heterocycles. The van der Waals surface area contributed by atoms with Crippen molar-refractivity contribution in [2.24, 2.45) is 5.92 Å². The van der Waals surface area contributed by atoms with Gasteiger partial charge in [0.1, 0.15) is 5.82 Å². The molecule has 1 N–H and O–H groups in total. The third kappa shape index (κ3) is 3.96. The van der Waals surface area contributed by atoms with Crippen molar-refractivity contribution in [2.75, 3.05) is 13.6 Å². The van der Waals surface area contributed by atoms with E-state index in [1.165, 1.54) is 12.8 Å². The van der Waals surface area contributed by atoms with Crippen LogP contribution in [0.4, 0.5) is 0 Å². The maximum Gasteiger partial charge on any atom is 0.257 e. The van der Waals surface area contributed by atoms with Crippen molar-refractivity contribution in [2.45, 2.75) is 52.0 Å². The zero-order valence-electron chi connectivity index (χ0n) is 17.0. The smallest absolute Gasteiger partial charge is 0.257 e. The van der Waals surface area contributed by atoms with E-state index in [0.717, 1.165) is 47.5 Å². The number of hydrogen-bond donors (Lipinski definition) is 1. The zero-order chi connectivity index (χ0) is 19.7. The Kier molecular flexibility index (Phi) is 5.20. The summed E-state index contributed by atoms with van der Waals surface area (Å²) >= 11 is 0. The van der Waals surface area contributed by atoms with E-state index >= 15 is 0 Å². The predicted molar refractivity (Wildman–Crippen MR) is 110 cm³/mol. The van der Waals surface area contributed by atoms with Gasteiger partial charge in [0.2, 0.25) is 0 Å². The Labute approximate surface area is 166 Å². The highest BCUT2D eigenvalue weighted by Crippen LogP contribution is 2.42. The van der Waals surface area contributed by atoms with Crippen LogP contribution in [-0.2, 0) is 13.0 Å². The molecule has 0 aliphatic heterocycles. The van der Waals surface area contributed by atoms with E-state index in [-0.39, 0.29) is 5.91 Å². The Balaban J connectivity index is 1.38. The van der Waals surface area contributed by atoms with Gasteiger partial charge < -0.3 is 9.88 Å². The van der Waals surface area contributed by atoms with Crippen molar-refractivity contribution >= 4 is 16.9 Å². The van der Waals surface area contributed by atoms with Crippen LogP contribution in [-0.4, -0.2) is 44.1 Å². The van der Waals surface area contributed by atoms with Gasteiger partial charge in [-0.1, -0.05) is 26.0 Å². The summed E-state index contributed by atoms with van der Waals surface area (Å²) in [5.74, 6) is 2.08. The van der Waals surface area contributed by atoms with Crippen LogP contribution in [0.2, 0.25) is 0 Å². The summed E-state index contributed by atoms with van der Waals surface area (Å²) in [4.78, 5) is 22.8. The minimum absolute atomic E-state index is 0.0847. The SMILES string of the molecule is CC(C)Cn1ncc(C(=O)N(C)CCCc2nc3ccccc3[nH]2)c1C1CC1. The number of amides is 1. The van der Waals surface area contributed by atoms with E-state index in [0.29, 0.717) is 18.4 Å². The summed E-state index contributed by atoms with van der Waals surface area (Å²) in [5.41, 5.74) is 3.99. The van der Waals surface area contributed by atoms with Crippen LogP contribution >= 0.6 is 0 Å². The third-order valence-corrected chi connectivity index (χ3v) is 5.31.